The lowest BCUT2D eigenvalue weighted by atomic mass is 10.2. The Morgan fingerprint density at radius 3 is 1.27 bits per heavy atom. The predicted molar refractivity (Wildman–Crippen MR) is 82.5 cm³/mol. The van der Waals surface area contributed by atoms with Gasteiger partial charge < -0.3 is 14.1 Å². The van der Waals surface area contributed by atoms with Crippen molar-refractivity contribution in [2.45, 2.75) is 6.10 Å². The zero-order valence-corrected chi connectivity index (χ0v) is 15.1. The zero-order chi connectivity index (χ0) is 17.8. The van der Waals surface area contributed by atoms with Crippen molar-refractivity contribution in [2.75, 3.05) is 65.9 Å². The normalized spacial score (nSPS) is 14.5. The van der Waals surface area contributed by atoms with E-state index in [9.17, 15) is 21.9 Å². The molecule has 0 aromatic carbocycles. The molecule has 0 unspecified atom stereocenters. The minimum Gasteiger partial charge on any atom is -0.382 e. The van der Waals surface area contributed by atoms with Crippen molar-refractivity contribution in [1.29, 1.82) is 0 Å². The summed E-state index contributed by atoms with van der Waals surface area (Å²) in [5, 5.41) is 10.1. The van der Waals surface area contributed by atoms with Crippen molar-refractivity contribution in [2.24, 2.45) is 0 Å². The molecule has 0 rings (SSSR count). The fraction of sp³-hybridized carbons (Fsp3) is 1.00. The highest BCUT2D eigenvalue weighted by molar-refractivity contribution is 7.86. The topological polar surface area (TPSA) is 129 Å². The molecule has 9 nitrogen and oxygen atoms in total. The van der Waals surface area contributed by atoms with Crippen LogP contribution in [-0.2, 0) is 20.2 Å². The van der Waals surface area contributed by atoms with Crippen LogP contribution >= 0.6 is 0 Å². The number of nitrogens with zero attached hydrogens (tertiary/aromatic N) is 2. The summed E-state index contributed by atoms with van der Waals surface area (Å²) in [7, 11) is -1.18. The van der Waals surface area contributed by atoms with E-state index in [1.54, 1.807) is 28.2 Å². The SMILES string of the molecule is C[N+](C)(CCS(=O)(=O)O)CC(O)C[N+](C)(C)CCS(=O)(=O)O. The molecule has 0 fully saturated rings. The minimum absolute atomic E-state index is 0.147. The summed E-state index contributed by atoms with van der Waals surface area (Å²) in [4.78, 5) is 0. The Morgan fingerprint density at radius 2 is 1.05 bits per heavy atom. The lowest BCUT2D eigenvalue weighted by Crippen LogP contribution is -2.54. The maximum Gasteiger partial charge on any atom is 0.270 e. The van der Waals surface area contributed by atoms with Crippen LogP contribution in [0.5, 0.6) is 0 Å². The van der Waals surface area contributed by atoms with E-state index >= 15 is 0 Å². The summed E-state index contributed by atoms with van der Waals surface area (Å²) in [5.41, 5.74) is 0. The third-order valence-corrected chi connectivity index (χ3v) is 4.72. The van der Waals surface area contributed by atoms with E-state index in [2.05, 4.69) is 0 Å². The van der Waals surface area contributed by atoms with Crippen LogP contribution in [0.15, 0.2) is 0 Å². The van der Waals surface area contributed by atoms with Crippen LogP contribution in [0.1, 0.15) is 0 Å². The van der Waals surface area contributed by atoms with Crippen LogP contribution in [0.2, 0.25) is 0 Å². The van der Waals surface area contributed by atoms with Gasteiger partial charge >= 0.3 is 0 Å². The van der Waals surface area contributed by atoms with Gasteiger partial charge in [0.05, 0.1) is 41.3 Å². The second kappa shape index (κ2) is 7.51. The zero-order valence-electron chi connectivity index (χ0n) is 13.5. The van der Waals surface area contributed by atoms with Gasteiger partial charge in [-0.1, -0.05) is 0 Å². The minimum atomic E-state index is -4.05. The van der Waals surface area contributed by atoms with Crippen LogP contribution in [0, 0.1) is 0 Å². The Labute approximate surface area is 132 Å². The number of aliphatic hydroxyl groups is 1. The van der Waals surface area contributed by atoms with E-state index in [1.807, 2.05) is 0 Å². The van der Waals surface area contributed by atoms with Gasteiger partial charge in [-0.3, -0.25) is 9.11 Å². The maximum atomic E-state index is 10.8. The molecule has 0 aliphatic carbocycles. The highest BCUT2D eigenvalue weighted by Crippen LogP contribution is 2.06. The average molecular weight is 364 g/mol. The molecule has 134 valence electrons. The maximum absolute atomic E-state index is 10.8. The van der Waals surface area contributed by atoms with Gasteiger partial charge in [0.15, 0.2) is 6.10 Å². The van der Waals surface area contributed by atoms with Crippen molar-refractivity contribution in [1.82, 2.24) is 0 Å². The molecule has 0 saturated carbocycles. The Morgan fingerprint density at radius 1 is 0.773 bits per heavy atom. The van der Waals surface area contributed by atoms with Gasteiger partial charge in [0.25, 0.3) is 20.2 Å². The van der Waals surface area contributed by atoms with Crippen LogP contribution in [0.3, 0.4) is 0 Å². The molecule has 3 N–H and O–H groups in total. The Balaban J connectivity index is 4.49. The molecule has 0 aliphatic heterocycles. The summed E-state index contributed by atoms with van der Waals surface area (Å²) < 4.78 is 61.0. The van der Waals surface area contributed by atoms with Gasteiger partial charge in [0, 0.05) is 0 Å². The summed E-state index contributed by atoms with van der Waals surface area (Å²) in [5.74, 6) is -0.790. The fourth-order valence-electron chi connectivity index (χ4n) is 2.11. The van der Waals surface area contributed by atoms with Crippen molar-refractivity contribution in [3.05, 3.63) is 0 Å². The third kappa shape index (κ3) is 12.3. The van der Waals surface area contributed by atoms with Crippen LogP contribution < -0.4 is 0 Å². The molecule has 0 aromatic rings. The van der Waals surface area contributed by atoms with E-state index in [0.717, 1.165) is 0 Å². The lowest BCUT2D eigenvalue weighted by molar-refractivity contribution is -0.912. The molecular formula is C11H28N2O7S2+2. The molecule has 0 saturated heterocycles. The fourth-order valence-corrected chi connectivity index (χ4v) is 3.56. The van der Waals surface area contributed by atoms with Crippen LogP contribution in [0.25, 0.3) is 0 Å². The third-order valence-electron chi connectivity index (χ3n) is 3.32. The van der Waals surface area contributed by atoms with Crippen molar-refractivity contribution < 1.29 is 40.0 Å². The molecule has 0 bridgehead atoms. The van der Waals surface area contributed by atoms with E-state index < -0.39 is 37.8 Å². The largest absolute Gasteiger partial charge is 0.382 e. The lowest BCUT2D eigenvalue weighted by Gasteiger charge is -2.35. The summed E-state index contributed by atoms with van der Waals surface area (Å²) in [6.45, 7) is 0.800. The quantitative estimate of drug-likeness (QED) is 0.310. The number of hydrogen-bond acceptors (Lipinski definition) is 5. The van der Waals surface area contributed by atoms with Crippen molar-refractivity contribution >= 4 is 20.2 Å². The van der Waals surface area contributed by atoms with Crippen LogP contribution in [0.4, 0.5) is 0 Å². The van der Waals surface area contributed by atoms with Gasteiger partial charge in [-0.15, -0.1) is 0 Å². The molecule has 22 heavy (non-hydrogen) atoms. The highest BCUT2D eigenvalue weighted by Gasteiger charge is 2.29. The summed E-state index contributed by atoms with van der Waals surface area (Å²) in [6.07, 6.45) is -0.784. The molecular weight excluding hydrogens is 336 g/mol. The first-order valence-electron chi connectivity index (χ1n) is 6.74. The monoisotopic (exact) mass is 364 g/mol. The molecule has 0 heterocycles. The summed E-state index contributed by atoms with van der Waals surface area (Å²) >= 11 is 0. The molecule has 0 spiro atoms. The van der Waals surface area contributed by atoms with Crippen molar-refractivity contribution in [3.8, 4) is 0 Å². The smallest absolute Gasteiger partial charge is 0.270 e. The first-order chi connectivity index (χ1) is 9.52. The van der Waals surface area contributed by atoms with E-state index in [4.69, 9.17) is 9.11 Å². The molecule has 0 aliphatic rings. The van der Waals surface area contributed by atoms with Crippen molar-refractivity contribution in [3.63, 3.8) is 0 Å². The predicted octanol–water partition coefficient (Wildman–Crippen LogP) is -1.72. The second-order valence-electron chi connectivity index (χ2n) is 6.91. The van der Waals surface area contributed by atoms with Gasteiger partial charge in [0.2, 0.25) is 0 Å². The molecule has 0 radical (unpaired) electrons. The number of hydrogen-bond donors (Lipinski definition) is 3. The summed E-state index contributed by atoms with van der Waals surface area (Å²) in [6, 6.07) is 0. The van der Waals surface area contributed by atoms with Gasteiger partial charge in [0.1, 0.15) is 24.6 Å². The number of likely N-dealkylation sites (N-methyl/N-ethyl adjacent to an activating group) is 2. The number of quaternary nitrogens is 2. The Kier molecular flexibility index (Phi) is 7.41. The van der Waals surface area contributed by atoms with E-state index in [0.29, 0.717) is 0 Å². The van der Waals surface area contributed by atoms with Gasteiger partial charge in [-0.05, 0) is 0 Å². The number of aliphatic hydroxyl groups excluding tert-OH is 1. The standard InChI is InChI=1S/C11H26N2O7S2/c1-12(2,5-7-21(15,16)17)9-11(14)10-13(3,4)6-8-22(18,19)20/h11,14H,5-10H2,1-4H3/p+2. The Hall–Kier alpha value is -0.300. The molecule has 0 aromatic heterocycles. The molecule has 11 heteroatoms. The Bertz CT molecular complexity index is 505. The number of rotatable bonds is 10. The molecule has 0 amide bonds. The molecule has 0 atom stereocenters. The van der Waals surface area contributed by atoms with Crippen LogP contribution in [-0.4, -0.2) is 112 Å². The van der Waals surface area contributed by atoms with E-state index in [1.165, 1.54) is 0 Å². The first-order valence-corrected chi connectivity index (χ1v) is 9.96. The van der Waals surface area contributed by atoms with Gasteiger partial charge in [-0.25, -0.2) is 0 Å². The van der Waals surface area contributed by atoms with Gasteiger partial charge in [-0.2, -0.15) is 16.8 Å². The van der Waals surface area contributed by atoms with E-state index in [-0.39, 0.29) is 35.1 Å². The first kappa shape index (κ1) is 21.7. The highest BCUT2D eigenvalue weighted by atomic mass is 32.2. The second-order valence-corrected chi connectivity index (χ2v) is 10.1. The average Bonchev–Trinajstić information content (AvgIpc) is 2.20.